The average Bonchev–Trinajstić information content (AvgIpc) is 3.41. The zero-order valence-corrected chi connectivity index (χ0v) is 26.6. The Morgan fingerprint density at radius 3 is 2.49 bits per heavy atom. The Labute approximate surface area is 261 Å². The van der Waals surface area contributed by atoms with Gasteiger partial charge in [0.15, 0.2) is 0 Å². The van der Waals surface area contributed by atoms with E-state index in [1.54, 1.807) is 6.07 Å². The van der Waals surface area contributed by atoms with Gasteiger partial charge in [0, 0.05) is 44.2 Å². The molecule has 1 aliphatic rings. The van der Waals surface area contributed by atoms with Crippen molar-refractivity contribution >= 4 is 38.0 Å². The highest BCUT2D eigenvalue weighted by atomic mass is 32.2. The first-order valence-electron chi connectivity index (χ1n) is 14.9. The average molecular weight is 641 g/mol. The van der Waals surface area contributed by atoms with Gasteiger partial charge in [-0.25, -0.2) is 22.6 Å². The number of halogens is 2. The Morgan fingerprint density at radius 2 is 1.80 bits per heavy atom. The van der Waals surface area contributed by atoms with E-state index in [0.29, 0.717) is 40.9 Å². The fourth-order valence-electron chi connectivity index (χ4n) is 5.14. The molecule has 0 bridgehead atoms. The fraction of sp³-hybridized carbons (Fsp3) is 0.375. The minimum atomic E-state index is -4.21. The monoisotopic (exact) mass is 640 g/mol. The standard InChI is InChI=1S/C32H38F2N6O4S/c1-21(2)38(3)13-14-39(4)29-9-7-8-27(31(29)36-30-10-5-6-15-44-30)32(41)37-40-28-12-11-25(16-22(28)20-35-40)45(42,43)26-18-23(33)17-24(34)19-26/h7-9,11-12,16-21,30,36H,5-6,10,13-15H2,1-4H3,(H,37,41). The van der Waals surface area contributed by atoms with Crippen LogP contribution in [0.2, 0.25) is 0 Å². The van der Waals surface area contributed by atoms with Crippen LogP contribution in [-0.4, -0.2) is 75.2 Å². The van der Waals surface area contributed by atoms with Crippen LogP contribution in [0, 0.1) is 11.6 Å². The number of aromatic nitrogens is 2. The van der Waals surface area contributed by atoms with Crippen molar-refractivity contribution in [3.8, 4) is 0 Å². The number of rotatable bonds is 11. The minimum Gasteiger partial charge on any atom is -0.372 e. The lowest BCUT2D eigenvalue weighted by atomic mass is 10.1. The Bertz CT molecular complexity index is 1770. The van der Waals surface area contributed by atoms with Crippen molar-refractivity contribution in [3.63, 3.8) is 0 Å². The molecular weight excluding hydrogens is 602 g/mol. The van der Waals surface area contributed by atoms with Gasteiger partial charge in [-0.15, -0.1) is 0 Å². The summed E-state index contributed by atoms with van der Waals surface area (Å²) in [6, 6.07) is 12.2. The summed E-state index contributed by atoms with van der Waals surface area (Å²) >= 11 is 0. The molecule has 45 heavy (non-hydrogen) atoms. The number of amides is 1. The summed E-state index contributed by atoms with van der Waals surface area (Å²) in [4.78, 5) is 18.7. The van der Waals surface area contributed by atoms with Gasteiger partial charge in [0.05, 0.1) is 38.4 Å². The van der Waals surface area contributed by atoms with Crippen LogP contribution in [0.3, 0.4) is 0 Å². The number of carbonyl (C=O) groups is 1. The zero-order chi connectivity index (χ0) is 32.3. The summed E-state index contributed by atoms with van der Waals surface area (Å²) in [7, 11) is -0.148. The third-order valence-corrected chi connectivity index (χ3v) is 9.79. The maximum Gasteiger partial charge on any atom is 0.273 e. The smallest absolute Gasteiger partial charge is 0.273 e. The molecule has 13 heteroatoms. The lowest BCUT2D eigenvalue weighted by molar-refractivity contribution is 0.0343. The van der Waals surface area contributed by atoms with Crippen molar-refractivity contribution in [1.29, 1.82) is 0 Å². The Hall–Kier alpha value is -4.07. The molecule has 2 N–H and O–H groups in total. The first kappa shape index (κ1) is 32.3. The zero-order valence-electron chi connectivity index (χ0n) is 25.8. The van der Waals surface area contributed by atoms with Crippen LogP contribution >= 0.6 is 0 Å². The summed E-state index contributed by atoms with van der Waals surface area (Å²) in [5, 5.41) is 8.14. The van der Waals surface area contributed by atoms with E-state index in [-0.39, 0.29) is 11.1 Å². The molecule has 1 unspecified atom stereocenters. The van der Waals surface area contributed by atoms with Gasteiger partial charge in [-0.2, -0.15) is 9.89 Å². The Balaban J connectivity index is 1.43. The maximum atomic E-state index is 13.8. The van der Waals surface area contributed by atoms with Crippen molar-refractivity contribution in [3.05, 3.63) is 78.0 Å². The molecule has 0 saturated carbocycles. The molecule has 2 heterocycles. The van der Waals surface area contributed by atoms with E-state index in [2.05, 4.69) is 46.5 Å². The molecule has 0 spiro atoms. The molecule has 1 aliphatic heterocycles. The molecule has 10 nitrogen and oxygen atoms in total. The van der Waals surface area contributed by atoms with E-state index in [1.807, 2.05) is 19.2 Å². The van der Waals surface area contributed by atoms with Crippen LogP contribution in [0.25, 0.3) is 10.9 Å². The summed E-state index contributed by atoms with van der Waals surface area (Å²) in [6.07, 6.45) is 3.98. The van der Waals surface area contributed by atoms with Crippen LogP contribution < -0.4 is 15.6 Å². The molecular formula is C32H38F2N6O4S. The van der Waals surface area contributed by atoms with Gasteiger partial charge in [-0.1, -0.05) is 6.07 Å². The summed E-state index contributed by atoms with van der Waals surface area (Å²) in [6.45, 7) is 6.49. The first-order valence-corrected chi connectivity index (χ1v) is 16.3. The molecule has 1 atom stereocenters. The number of sulfone groups is 1. The highest BCUT2D eigenvalue weighted by Gasteiger charge is 2.24. The van der Waals surface area contributed by atoms with Crippen molar-refractivity contribution in [2.45, 2.75) is 55.2 Å². The van der Waals surface area contributed by atoms with Crippen LogP contribution in [0.5, 0.6) is 0 Å². The fourth-order valence-corrected chi connectivity index (χ4v) is 6.48. The number of nitrogens with zero attached hydrogens (tertiary/aromatic N) is 4. The van der Waals surface area contributed by atoms with E-state index in [1.165, 1.54) is 29.2 Å². The Kier molecular flexibility index (Phi) is 9.70. The van der Waals surface area contributed by atoms with Gasteiger partial charge >= 0.3 is 0 Å². The Morgan fingerprint density at radius 1 is 1.04 bits per heavy atom. The molecule has 4 aromatic rings. The molecule has 1 fully saturated rings. The van der Waals surface area contributed by atoms with E-state index in [9.17, 15) is 22.0 Å². The van der Waals surface area contributed by atoms with Crippen LogP contribution in [-0.2, 0) is 14.6 Å². The van der Waals surface area contributed by atoms with Crippen molar-refractivity contribution < 1.29 is 26.7 Å². The number of carbonyl (C=O) groups excluding carboxylic acids is 1. The quantitative estimate of drug-likeness (QED) is 0.229. The van der Waals surface area contributed by atoms with E-state index >= 15 is 0 Å². The number of anilines is 2. The van der Waals surface area contributed by atoms with Gasteiger partial charge in [0.2, 0.25) is 9.84 Å². The van der Waals surface area contributed by atoms with Crippen LogP contribution in [0.1, 0.15) is 43.5 Å². The summed E-state index contributed by atoms with van der Waals surface area (Å²) in [5.41, 5.74) is 5.12. The predicted molar refractivity (Wildman–Crippen MR) is 170 cm³/mol. The van der Waals surface area contributed by atoms with Crippen molar-refractivity contribution in [2.75, 3.05) is 49.4 Å². The third kappa shape index (κ3) is 7.26. The minimum absolute atomic E-state index is 0.163. The second-order valence-corrected chi connectivity index (χ2v) is 13.5. The first-order chi connectivity index (χ1) is 21.4. The number of ether oxygens (including phenoxy) is 1. The van der Waals surface area contributed by atoms with Gasteiger partial charge < -0.3 is 19.9 Å². The van der Waals surface area contributed by atoms with Gasteiger partial charge in [-0.3, -0.25) is 4.79 Å². The van der Waals surface area contributed by atoms with Gasteiger partial charge in [0.1, 0.15) is 17.9 Å². The molecule has 1 aromatic heterocycles. The van der Waals surface area contributed by atoms with Crippen molar-refractivity contribution in [2.24, 2.45) is 0 Å². The second kappa shape index (κ2) is 13.5. The normalized spacial score (nSPS) is 15.5. The molecule has 0 aliphatic carbocycles. The molecule has 240 valence electrons. The maximum absolute atomic E-state index is 13.8. The van der Waals surface area contributed by atoms with Crippen LogP contribution in [0.15, 0.2) is 70.6 Å². The summed E-state index contributed by atoms with van der Waals surface area (Å²) in [5.74, 6) is -2.42. The number of fused-ring (bicyclic) bond motifs is 1. The number of likely N-dealkylation sites (N-methyl/N-ethyl adjacent to an activating group) is 2. The van der Waals surface area contributed by atoms with Crippen LogP contribution in [0.4, 0.5) is 20.2 Å². The van der Waals surface area contributed by atoms with E-state index < -0.39 is 32.3 Å². The molecule has 0 radical (unpaired) electrons. The number of nitrogens with one attached hydrogen (secondary N) is 2. The van der Waals surface area contributed by atoms with E-state index in [0.717, 1.165) is 50.2 Å². The predicted octanol–water partition coefficient (Wildman–Crippen LogP) is 5.25. The topological polar surface area (TPSA) is 109 Å². The third-order valence-electron chi connectivity index (χ3n) is 8.06. The second-order valence-electron chi connectivity index (χ2n) is 11.5. The van der Waals surface area contributed by atoms with Crippen molar-refractivity contribution in [1.82, 2.24) is 14.8 Å². The van der Waals surface area contributed by atoms with Gasteiger partial charge in [0.25, 0.3) is 5.91 Å². The number of hydrogen-bond acceptors (Lipinski definition) is 8. The lowest BCUT2D eigenvalue weighted by Gasteiger charge is -2.31. The molecule has 1 saturated heterocycles. The van der Waals surface area contributed by atoms with E-state index in [4.69, 9.17) is 4.74 Å². The largest absolute Gasteiger partial charge is 0.372 e. The number of benzene rings is 3. The summed E-state index contributed by atoms with van der Waals surface area (Å²) < 4.78 is 59.6. The molecule has 3 aromatic carbocycles. The molecule has 1 amide bonds. The number of hydrogen-bond donors (Lipinski definition) is 2. The number of para-hydroxylation sites is 1. The lowest BCUT2D eigenvalue weighted by Crippen LogP contribution is -2.36. The SMILES string of the molecule is CC(C)N(C)CCN(C)c1cccc(C(=O)Nn2ncc3cc(S(=O)(=O)c4cc(F)cc(F)c4)ccc32)c1NC1CCCCO1. The highest BCUT2D eigenvalue weighted by molar-refractivity contribution is 7.91. The highest BCUT2D eigenvalue weighted by Crippen LogP contribution is 2.32. The van der Waals surface area contributed by atoms with Gasteiger partial charge in [-0.05, 0) is 82.6 Å². The molecule has 5 rings (SSSR count).